The van der Waals surface area contributed by atoms with Gasteiger partial charge in [0.25, 0.3) is 0 Å². The van der Waals surface area contributed by atoms with Crippen LogP contribution < -0.4 is 0 Å². The summed E-state index contributed by atoms with van der Waals surface area (Å²) in [4.78, 5) is 4.25. The van der Waals surface area contributed by atoms with Crippen LogP contribution in [0.1, 0.15) is 29.5 Å². The monoisotopic (exact) mass is 194 g/mol. The Morgan fingerprint density at radius 1 is 1.54 bits per heavy atom. The minimum Gasteiger partial charge on any atom is -0.381 e. The number of hydrogen-bond donors (Lipinski definition) is 0. The van der Waals surface area contributed by atoms with Crippen molar-refractivity contribution in [1.29, 1.82) is 5.26 Å². The van der Waals surface area contributed by atoms with E-state index in [1.165, 1.54) is 0 Å². The van der Waals surface area contributed by atoms with E-state index in [9.17, 15) is 0 Å². The molecule has 4 heteroatoms. The molecule has 0 bridgehead atoms. The molecule has 1 aliphatic heterocycles. The quantitative estimate of drug-likeness (QED) is 0.686. The standard InChI is InChI=1S/C9H10N2OS/c10-5-8-6-13-9(11-8)7-1-3-12-4-2-7/h6-7H,1-4H2. The number of aromatic nitrogens is 1. The average Bonchev–Trinajstić information content (AvgIpc) is 2.67. The van der Waals surface area contributed by atoms with Gasteiger partial charge in [-0.3, -0.25) is 0 Å². The van der Waals surface area contributed by atoms with E-state index in [0.29, 0.717) is 11.6 Å². The summed E-state index contributed by atoms with van der Waals surface area (Å²) >= 11 is 1.59. The van der Waals surface area contributed by atoms with Crippen molar-refractivity contribution >= 4 is 11.3 Å². The molecule has 2 heterocycles. The number of thiazole rings is 1. The van der Waals surface area contributed by atoms with E-state index in [1.54, 1.807) is 11.3 Å². The minimum atomic E-state index is 0.515. The zero-order chi connectivity index (χ0) is 9.10. The normalized spacial score (nSPS) is 18.4. The van der Waals surface area contributed by atoms with Crippen molar-refractivity contribution in [1.82, 2.24) is 4.98 Å². The Labute approximate surface area is 81.0 Å². The van der Waals surface area contributed by atoms with Crippen molar-refractivity contribution in [3.8, 4) is 6.07 Å². The van der Waals surface area contributed by atoms with Crippen molar-refractivity contribution in [2.45, 2.75) is 18.8 Å². The molecule has 0 saturated carbocycles. The summed E-state index contributed by atoms with van der Waals surface area (Å²) in [5, 5.41) is 11.5. The Kier molecular flexibility index (Phi) is 2.57. The van der Waals surface area contributed by atoms with Crippen LogP contribution in [0.2, 0.25) is 0 Å². The van der Waals surface area contributed by atoms with E-state index in [4.69, 9.17) is 10.00 Å². The molecule has 2 rings (SSSR count). The van der Waals surface area contributed by atoms with Gasteiger partial charge < -0.3 is 4.74 Å². The number of hydrogen-bond acceptors (Lipinski definition) is 4. The van der Waals surface area contributed by atoms with Gasteiger partial charge in [-0.25, -0.2) is 4.98 Å². The van der Waals surface area contributed by atoms with E-state index >= 15 is 0 Å². The van der Waals surface area contributed by atoms with Crippen LogP contribution in [0.5, 0.6) is 0 Å². The first-order chi connectivity index (χ1) is 6.40. The Morgan fingerprint density at radius 2 is 2.31 bits per heavy atom. The molecule has 1 aliphatic rings. The summed E-state index contributed by atoms with van der Waals surface area (Å²) in [6.07, 6.45) is 2.08. The van der Waals surface area contributed by atoms with Gasteiger partial charge in [-0.1, -0.05) is 0 Å². The fraction of sp³-hybridized carbons (Fsp3) is 0.556. The molecule has 1 aromatic rings. The lowest BCUT2D eigenvalue weighted by atomic mass is 10.0. The molecular formula is C9H10N2OS. The SMILES string of the molecule is N#Cc1csc(C2CCOCC2)n1. The van der Waals surface area contributed by atoms with E-state index in [2.05, 4.69) is 11.1 Å². The van der Waals surface area contributed by atoms with Gasteiger partial charge in [0.15, 0.2) is 5.69 Å². The van der Waals surface area contributed by atoms with Gasteiger partial charge in [-0.05, 0) is 12.8 Å². The molecule has 0 amide bonds. The van der Waals surface area contributed by atoms with Gasteiger partial charge in [0.2, 0.25) is 0 Å². The fourth-order valence-electron chi connectivity index (χ4n) is 1.47. The molecule has 0 aliphatic carbocycles. The van der Waals surface area contributed by atoms with Crippen LogP contribution in [0.4, 0.5) is 0 Å². The summed E-state index contributed by atoms with van der Waals surface area (Å²) in [7, 11) is 0. The summed E-state index contributed by atoms with van der Waals surface area (Å²) in [6, 6.07) is 2.05. The topological polar surface area (TPSA) is 45.9 Å². The second-order valence-corrected chi connectivity index (χ2v) is 3.96. The molecule has 3 nitrogen and oxygen atoms in total. The molecule has 0 radical (unpaired) electrons. The molecule has 0 spiro atoms. The van der Waals surface area contributed by atoms with Crippen molar-refractivity contribution in [3.63, 3.8) is 0 Å². The van der Waals surface area contributed by atoms with E-state index < -0.39 is 0 Å². The van der Waals surface area contributed by atoms with Gasteiger partial charge in [0.05, 0.1) is 5.01 Å². The zero-order valence-corrected chi connectivity index (χ0v) is 8.01. The molecule has 1 saturated heterocycles. The molecule has 0 N–H and O–H groups in total. The summed E-state index contributed by atoms with van der Waals surface area (Å²) in [6.45, 7) is 1.65. The summed E-state index contributed by atoms with van der Waals surface area (Å²) in [5.41, 5.74) is 0.548. The molecule has 0 atom stereocenters. The number of rotatable bonds is 1. The first-order valence-corrected chi connectivity index (χ1v) is 5.21. The van der Waals surface area contributed by atoms with Gasteiger partial charge in [0, 0.05) is 24.5 Å². The van der Waals surface area contributed by atoms with Crippen LogP contribution in [0.15, 0.2) is 5.38 Å². The third-order valence-electron chi connectivity index (χ3n) is 2.21. The molecular weight excluding hydrogens is 184 g/mol. The van der Waals surface area contributed by atoms with Crippen LogP contribution in [-0.4, -0.2) is 18.2 Å². The van der Waals surface area contributed by atoms with Crippen molar-refractivity contribution in [2.75, 3.05) is 13.2 Å². The highest BCUT2D eigenvalue weighted by molar-refractivity contribution is 7.09. The van der Waals surface area contributed by atoms with Crippen LogP contribution >= 0.6 is 11.3 Å². The van der Waals surface area contributed by atoms with Crippen LogP contribution in [0.25, 0.3) is 0 Å². The van der Waals surface area contributed by atoms with Crippen LogP contribution in [0.3, 0.4) is 0 Å². The third-order valence-corrected chi connectivity index (χ3v) is 3.21. The third kappa shape index (κ3) is 1.87. The fourth-order valence-corrected chi connectivity index (χ4v) is 2.39. The Balaban J connectivity index is 2.11. The Morgan fingerprint density at radius 3 is 2.92 bits per heavy atom. The molecule has 0 aromatic carbocycles. The minimum absolute atomic E-state index is 0.515. The number of nitriles is 1. The molecule has 13 heavy (non-hydrogen) atoms. The Bertz CT molecular complexity index is 323. The van der Waals surface area contributed by atoms with Crippen LogP contribution in [0, 0.1) is 11.3 Å². The van der Waals surface area contributed by atoms with Crippen molar-refractivity contribution < 1.29 is 4.74 Å². The number of ether oxygens (including phenoxy) is 1. The Hall–Kier alpha value is -0.920. The smallest absolute Gasteiger partial charge is 0.151 e. The van der Waals surface area contributed by atoms with E-state index in [-0.39, 0.29) is 0 Å². The summed E-state index contributed by atoms with van der Waals surface area (Å²) < 4.78 is 5.27. The lowest BCUT2D eigenvalue weighted by Gasteiger charge is -2.19. The maximum atomic E-state index is 8.62. The predicted molar refractivity (Wildman–Crippen MR) is 49.6 cm³/mol. The summed E-state index contributed by atoms with van der Waals surface area (Å²) in [5.74, 6) is 0.515. The van der Waals surface area contributed by atoms with Gasteiger partial charge in [-0.15, -0.1) is 11.3 Å². The van der Waals surface area contributed by atoms with Gasteiger partial charge in [0.1, 0.15) is 6.07 Å². The van der Waals surface area contributed by atoms with E-state index in [1.807, 2.05) is 5.38 Å². The highest BCUT2D eigenvalue weighted by Crippen LogP contribution is 2.28. The first-order valence-electron chi connectivity index (χ1n) is 4.33. The molecule has 68 valence electrons. The molecule has 0 unspecified atom stereocenters. The maximum absolute atomic E-state index is 8.62. The molecule has 1 aromatic heterocycles. The van der Waals surface area contributed by atoms with Crippen LogP contribution in [-0.2, 0) is 4.74 Å². The highest BCUT2D eigenvalue weighted by atomic mass is 32.1. The highest BCUT2D eigenvalue weighted by Gasteiger charge is 2.18. The maximum Gasteiger partial charge on any atom is 0.151 e. The largest absolute Gasteiger partial charge is 0.381 e. The lowest BCUT2D eigenvalue weighted by Crippen LogP contribution is -2.13. The predicted octanol–water partition coefficient (Wildman–Crippen LogP) is 1.91. The van der Waals surface area contributed by atoms with Gasteiger partial charge >= 0.3 is 0 Å². The van der Waals surface area contributed by atoms with E-state index in [0.717, 1.165) is 31.1 Å². The molecule has 1 fully saturated rings. The second-order valence-electron chi connectivity index (χ2n) is 3.07. The van der Waals surface area contributed by atoms with Gasteiger partial charge in [-0.2, -0.15) is 5.26 Å². The second kappa shape index (κ2) is 3.86. The van der Waals surface area contributed by atoms with Crippen molar-refractivity contribution in [3.05, 3.63) is 16.1 Å². The number of nitrogens with zero attached hydrogens (tertiary/aromatic N) is 2. The first kappa shape index (κ1) is 8.67. The van der Waals surface area contributed by atoms with Crippen molar-refractivity contribution in [2.24, 2.45) is 0 Å². The lowest BCUT2D eigenvalue weighted by molar-refractivity contribution is 0.0853. The zero-order valence-electron chi connectivity index (χ0n) is 7.19. The average molecular weight is 194 g/mol.